The van der Waals surface area contributed by atoms with Crippen molar-refractivity contribution in [1.29, 1.82) is 0 Å². The highest BCUT2D eigenvalue weighted by atomic mass is 32.2. The summed E-state index contributed by atoms with van der Waals surface area (Å²) in [6.07, 6.45) is 6.33. The maximum absolute atomic E-state index is 13.5. The lowest BCUT2D eigenvalue weighted by Crippen LogP contribution is -2.76. The maximum atomic E-state index is 13.5. The van der Waals surface area contributed by atoms with Gasteiger partial charge in [0.15, 0.2) is 5.82 Å². The molecule has 5 fully saturated rings. The number of aromatic nitrogens is 3. The van der Waals surface area contributed by atoms with Crippen molar-refractivity contribution in [2.24, 2.45) is 10.8 Å². The molecule has 2 amide bonds. The molecule has 0 bridgehead atoms. The predicted octanol–water partition coefficient (Wildman–Crippen LogP) is 2.07. The molecule has 1 aromatic carbocycles. The molecule has 0 radical (unpaired) electrons. The van der Waals surface area contributed by atoms with Gasteiger partial charge < -0.3 is 14.5 Å². The number of sulfonamides is 1. The fraction of sp³-hybridized carbons (Fsp3) is 0.625. The van der Waals surface area contributed by atoms with Gasteiger partial charge in [-0.1, -0.05) is 0 Å². The van der Waals surface area contributed by atoms with E-state index in [2.05, 4.69) is 10.1 Å². The van der Waals surface area contributed by atoms with E-state index >= 15 is 0 Å². The van der Waals surface area contributed by atoms with Crippen LogP contribution in [0.4, 0.5) is 9.18 Å². The van der Waals surface area contributed by atoms with Crippen molar-refractivity contribution in [2.75, 3.05) is 46.4 Å². The topological polar surface area (TPSA) is 101 Å². The van der Waals surface area contributed by atoms with E-state index in [0.29, 0.717) is 38.1 Å². The van der Waals surface area contributed by atoms with Crippen LogP contribution in [0, 0.1) is 16.6 Å². The molecule has 0 unspecified atom stereocenters. The van der Waals surface area contributed by atoms with Gasteiger partial charge in [-0.3, -0.25) is 0 Å². The quantitative estimate of drug-likeness (QED) is 0.603. The summed E-state index contributed by atoms with van der Waals surface area (Å²) in [6, 6.07) is 3.87. The molecule has 3 saturated heterocycles. The monoisotopic (exact) mass is 516 g/mol. The number of amides is 2. The van der Waals surface area contributed by atoms with Crippen LogP contribution in [0.1, 0.15) is 43.5 Å². The number of methoxy groups -OCH3 is 1. The Bertz CT molecular complexity index is 1330. The fourth-order valence-corrected chi connectivity index (χ4v) is 8.24. The van der Waals surface area contributed by atoms with E-state index in [4.69, 9.17) is 4.74 Å². The number of halogens is 1. The molecule has 0 N–H and O–H groups in total. The van der Waals surface area contributed by atoms with E-state index < -0.39 is 15.8 Å². The molecule has 4 heterocycles. The van der Waals surface area contributed by atoms with Crippen LogP contribution in [0.5, 0.6) is 5.75 Å². The van der Waals surface area contributed by atoms with Crippen molar-refractivity contribution in [3.8, 4) is 5.75 Å². The number of nitrogens with zero attached hydrogens (tertiary/aromatic N) is 6. The van der Waals surface area contributed by atoms with Gasteiger partial charge in [0.25, 0.3) is 0 Å². The highest BCUT2D eigenvalue weighted by molar-refractivity contribution is 7.89. The van der Waals surface area contributed by atoms with Gasteiger partial charge in [0.1, 0.15) is 22.8 Å². The van der Waals surface area contributed by atoms with E-state index in [1.165, 1.54) is 30.3 Å². The van der Waals surface area contributed by atoms with Crippen molar-refractivity contribution in [2.45, 2.75) is 42.5 Å². The van der Waals surface area contributed by atoms with E-state index in [1.54, 1.807) is 0 Å². The minimum atomic E-state index is -3.78. The van der Waals surface area contributed by atoms with Crippen LogP contribution in [-0.2, 0) is 10.0 Å². The summed E-state index contributed by atoms with van der Waals surface area (Å²) in [5.74, 6) is 0.988. The van der Waals surface area contributed by atoms with Gasteiger partial charge in [-0.2, -0.15) is 9.40 Å². The van der Waals surface area contributed by atoms with Crippen LogP contribution in [-0.4, -0.2) is 89.7 Å². The number of likely N-dealkylation sites (tertiary alicyclic amines) is 2. The van der Waals surface area contributed by atoms with Crippen LogP contribution in [0.2, 0.25) is 0 Å². The number of ether oxygens (including phenoxy) is 1. The van der Waals surface area contributed by atoms with Crippen LogP contribution in [0.15, 0.2) is 29.4 Å². The standard InChI is InChI=1S/C24H29FN6O4S/c1-35-19-6-17(25)4-5-20(19)36(33,34)30-13-24(14-30)11-29(12-24)22(32)28-9-23(10-28)7-18(8-23)31-15-26-21(27-31)16-2-3-16/h4-6,15-16,18H,2-3,7-14H2,1H3. The summed E-state index contributed by atoms with van der Waals surface area (Å²) in [5, 5.41) is 4.66. The highest BCUT2D eigenvalue weighted by Gasteiger charge is 2.60. The molecule has 3 aliphatic heterocycles. The number of hydrogen-bond acceptors (Lipinski definition) is 6. The Balaban J connectivity index is 0.895. The highest BCUT2D eigenvalue weighted by Crippen LogP contribution is 2.55. The first kappa shape index (κ1) is 22.5. The number of benzene rings is 1. The molecule has 0 atom stereocenters. The lowest BCUT2D eigenvalue weighted by molar-refractivity contribution is -0.101. The number of carbonyl (C=O) groups excluding carboxylic acids is 1. The van der Waals surface area contributed by atoms with Crippen molar-refractivity contribution < 1.29 is 22.3 Å². The number of carbonyl (C=O) groups is 1. The molecule has 2 spiro atoms. The largest absolute Gasteiger partial charge is 0.495 e. The van der Waals surface area contributed by atoms with Crippen molar-refractivity contribution >= 4 is 16.1 Å². The van der Waals surface area contributed by atoms with E-state index in [-0.39, 0.29) is 27.5 Å². The maximum Gasteiger partial charge on any atom is 0.320 e. The summed E-state index contributed by atoms with van der Waals surface area (Å²) in [7, 11) is -2.46. The zero-order valence-electron chi connectivity index (χ0n) is 20.1. The SMILES string of the molecule is COc1cc(F)ccc1S(=O)(=O)N1CC2(CN(C(=O)N3CC4(CC(n5cnc(C6CC6)n5)C4)C3)C2)C1. The molecule has 2 aromatic rings. The lowest BCUT2D eigenvalue weighted by atomic mass is 9.60. The third-order valence-corrected chi connectivity index (χ3v) is 10.4. The Morgan fingerprint density at radius 1 is 1.06 bits per heavy atom. The number of hydrogen-bond donors (Lipinski definition) is 0. The van der Waals surface area contributed by atoms with Crippen LogP contribution in [0.3, 0.4) is 0 Å². The zero-order valence-corrected chi connectivity index (χ0v) is 21.0. The van der Waals surface area contributed by atoms with Crippen molar-refractivity contribution in [3.05, 3.63) is 36.2 Å². The molecule has 5 aliphatic rings. The third kappa shape index (κ3) is 3.37. The first-order valence-electron chi connectivity index (χ1n) is 12.5. The molecule has 2 aliphatic carbocycles. The Labute approximate surface area is 209 Å². The van der Waals surface area contributed by atoms with Crippen LogP contribution < -0.4 is 4.74 Å². The molecule has 1 aromatic heterocycles. The third-order valence-electron chi connectivity index (χ3n) is 8.59. The Morgan fingerprint density at radius 3 is 2.36 bits per heavy atom. The smallest absolute Gasteiger partial charge is 0.320 e. The molecule has 12 heteroatoms. The molecule has 10 nitrogen and oxygen atoms in total. The first-order valence-corrected chi connectivity index (χ1v) is 13.9. The first-order chi connectivity index (χ1) is 17.2. The summed E-state index contributed by atoms with van der Waals surface area (Å²) < 4.78 is 48.0. The van der Waals surface area contributed by atoms with Gasteiger partial charge in [0.2, 0.25) is 10.0 Å². The summed E-state index contributed by atoms with van der Waals surface area (Å²) in [5.41, 5.74) is 0.0244. The molecular weight excluding hydrogens is 487 g/mol. The summed E-state index contributed by atoms with van der Waals surface area (Å²) in [4.78, 5) is 21.1. The normalized spacial score (nSPS) is 24.7. The van der Waals surface area contributed by atoms with Gasteiger partial charge in [-0.15, -0.1) is 0 Å². The zero-order chi connectivity index (χ0) is 24.9. The van der Waals surface area contributed by atoms with E-state index in [9.17, 15) is 17.6 Å². The summed E-state index contributed by atoms with van der Waals surface area (Å²) in [6.45, 7) is 3.39. The average Bonchev–Trinajstić information content (AvgIpc) is 3.47. The van der Waals surface area contributed by atoms with Crippen molar-refractivity contribution in [3.63, 3.8) is 0 Å². The van der Waals surface area contributed by atoms with Crippen LogP contribution >= 0.6 is 0 Å². The number of urea groups is 1. The fourth-order valence-electron chi connectivity index (χ4n) is 6.44. The Morgan fingerprint density at radius 2 is 1.72 bits per heavy atom. The molecule has 192 valence electrons. The number of rotatable bonds is 5. The molecule has 36 heavy (non-hydrogen) atoms. The minimum absolute atomic E-state index is 0.00140. The lowest BCUT2D eigenvalue weighted by Gasteiger charge is -2.63. The predicted molar refractivity (Wildman–Crippen MR) is 125 cm³/mol. The van der Waals surface area contributed by atoms with Gasteiger partial charge >= 0.3 is 6.03 Å². The van der Waals surface area contributed by atoms with Gasteiger partial charge in [0.05, 0.1) is 13.2 Å². The minimum Gasteiger partial charge on any atom is -0.495 e. The van der Waals surface area contributed by atoms with Crippen LogP contribution in [0.25, 0.3) is 0 Å². The van der Waals surface area contributed by atoms with Gasteiger partial charge in [0, 0.05) is 62.1 Å². The Hall–Kier alpha value is -2.73. The second kappa shape index (κ2) is 7.41. The van der Waals surface area contributed by atoms with Gasteiger partial charge in [-0.05, 0) is 37.8 Å². The second-order valence-electron chi connectivity index (χ2n) is 11.5. The summed E-state index contributed by atoms with van der Waals surface area (Å²) >= 11 is 0. The van der Waals surface area contributed by atoms with Gasteiger partial charge in [-0.25, -0.2) is 27.3 Å². The van der Waals surface area contributed by atoms with E-state index in [1.807, 2.05) is 20.8 Å². The molecular formula is C24H29FN6O4S. The molecule has 2 saturated carbocycles. The Kier molecular flexibility index (Phi) is 4.62. The van der Waals surface area contributed by atoms with Crippen molar-refractivity contribution in [1.82, 2.24) is 28.9 Å². The molecule has 7 rings (SSSR count). The average molecular weight is 517 g/mol. The van der Waals surface area contributed by atoms with E-state index in [0.717, 1.165) is 43.9 Å². The second-order valence-corrected chi connectivity index (χ2v) is 13.4.